The lowest BCUT2D eigenvalue weighted by molar-refractivity contribution is 0.0524. The van der Waals surface area contributed by atoms with Crippen LogP contribution in [0, 0.1) is 9.39 Å². The number of esters is 1. The molecule has 0 N–H and O–H groups in total. The first-order chi connectivity index (χ1) is 11.3. The SMILES string of the molecule is CCOC(=O)c1cn(CC(C)N(C)C)c2cc(F)c(I)cc2c1=O. The molecule has 2 aromatic rings. The number of fused-ring (bicyclic) bond motifs is 1. The van der Waals surface area contributed by atoms with Crippen LogP contribution in [-0.2, 0) is 11.3 Å². The number of pyridine rings is 1. The Kier molecular flexibility index (Phi) is 5.97. The third-order valence-corrected chi connectivity index (χ3v) is 4.79. The second-order valence-corrected chi connectivity index (χ2v) is 7.00. The molecule has 1 aromatic carbocycles. The zero-order chi connectivity index (χ0) is 18.0. The molecule has 1 aromatic heterocycles. The summed E-state index contributed by atoms with van der Waals surface area (Å²) in [5, 5.41) is 0.317. The molecule has 0 bridgehead atoms. The van der Waals surface area contributed by atoms with Gasteiger partial charge in [-0.15, -0.1) is 0 Å². The third kappa shape index (κ3) is 3.77. The monoisotopic (exact) mass is 446 g/mol. The van der Waals surface area contributed by atoms with Gasteiger partial charge < -0.3 is 14.2 Å². The summed E-state index contributed by atoms with van der Waals surface area (Å²) in [5.41, 5.74) is 0.00695. The summed E-state index contributed by atoms with van der Waals surface area (Å²) in [7, 11) is 3.87. The average Bonchev–Trinajstić information content (AvgIpc) is 2.51. The third-order valence-electron chi connectivity index (χ3n) is 3.96. The second-order valence-electron chi connectivity index (χ2n) is 5.84. The smallest absolute Gasteiger partial charge is 0.343 e. The van der Waals surface area contributed by atoms with Crippen LogP contribution in [0.3, 0.4) is 0 Å². The first-order valence-corrected chi connectivity index (χ1v) is 8.69. The molecule has 0 aliphatic rings. The predicted molar refractivity (Wildman–Crippen MR) is 100.0 cm³/mol. The molecule has 130 valence electrons. The van der Waals surface area contributed by atoms with E-state index in [2.05, 4.69) is 0 Å². The lowest BCUT2D eigenvalue weighted by Gasteiger charge is -2.23. The van der Waals surface area contributed by atoms with E-state index in [1.165, 1.54) is 18.3 Å². The Bertz CT molecular complexity index is 833. The Morgan fingerprint density at radius 3 is 2.67 bits per heavy atom. The van der Waals surface area contributed by atoms with Crippen LogP contribution in [0.1, 0.15) is 24.2 Å². The van der Waals surface area contributed by atoms with E-state index in [-0.39, 0.29) is 18.2 Å². The maximum atomic E-state index is 14.0. The first-order valence-electron chi connectivity index (χ1n) is 7.62. The number of ether oxygens (including phenoxy) is 1. The molecule has 1 unspecified atom stereocenters. The van der Waals surface area contributed by atoms with E-state index in [1.807, 2.05) is 48.5 Å². The van der Waals surface area contributed by atoms with Crippen LogP contribution in [0.2, 0.25) is 0 Å². The number of nitrogens with zero attached hydrogens (tertiary/aromatic N) is 2. The zero-order valence-electron chi connectivity index (χ0n) is 14.1. The molecule has 0 amide bonds. The molecule has 5 nitrogen and oxygen atoms in total. The summed E-state index contributed by atoms with van der Waals surface area (Å²) in [4.78, 5) is 26.8. The normalized spacial score (nSPS) is 12.6. The Morgan fingerprint density at radius 2 is 2.08 bits per heavy atom. The van der Waals surface area contributed by atoms with Gasteiger partial charge in [0.1, 0.15) is 11.4 Å². The number of likely N-dealkylation sites (N-methyl/N-ethyl adjacent to an activating group) is 1. The highest BCUT2D eigenvalue weighted by Gasteiger charge is 2.19. The Hall–Kier alpha value is -1.48. The highest BCUT2D eigenvalue weighted by atomic mass is 127. The lowest BCUT2D eigenvalue weighted by Crippen LogP contribution is -2.31. The predicted octanol–water partition coefficient (Wildman–Crippen LogP) is 2.87. The minimum absolute atomic E-state index is 0.0299. The van der Waals surface area contributed by atoms with E-state index < -0.39 is 17.2 Å². The van der Waals surface area contributed by atoms with Crippen LogP contribution in [0.4, 0.5) is 4.39 Å². The van der Waals surface area contributed by atoms with E-state index in [4.69, 9.17) is 4.74 Å². The summed E-state index contributed by atoms with van der Waals surface area (Å²) in [6, 6.07) is 2.95. The number of benzene rings is 1. The zero-order valence-corrected chi connectivity index (χ0v) is 16.3. The molecular formula is C17H20FIN2O3. The van der Waals surface area contributed by atoms with Crippen molar-refractivity contribution in [1.29, 1.82) is 0 Å². The molecule has 0 aliphatic carbocycles. The van der Waals surface area contributed by atoms with Gasteiger partial charge >= 0.3 is 5.97 Å². The molecule has 0 saturated carbocycles. The quantitative estimate of drug-likeness (QED) is 0.524. The van der Waals surface area contributed by atoms with Crippen LogP contribution in [-0.4, -0.2) is 42.2 Å². The molecule has 0 saturated heterocycles. The number of hydrogen-bond donors (Lipinski definition) is 0. The van der Waals surface area contributed by atoms with Crippen molar-refractivity contribution in [3.8, 4) is 0 Å². The minimum atomic E-state index is -0.657. The molecule has 0 radical (unpaired) electrons. The van der Waals surface area contributed by atoms with Gasteiger partial charge in [0.15, 0.2) is 0 Å². The van der Waals surface area contributed by atoms with Crippen molar-refractivity contribution in [3.05, 3.63) is 43.5 Å². The van der Waals surface area contributed by atoms with Crippen LogP contribution in [0.5, 0.6) is 0 Å². The standard InChI is InChI=1S/C17H20FIN2O3/c1-5-24-17(23)12-9-21(8-10(2)20(3)4)15-7-13(18)14(19)6-11(15)16(12)22/h6-7,9-10H,5,8H2,1-4H3. The number of carbonyl (C=O) groups excluding carboxylic acids is 1. The number of halogens is 2. The number of aromatic nitrogens is 1. The fraction of sp³-hybridized carbons (Fsp3) is 0.412. The van der Waals surface area contributed by atoms with Gasteiger partial charge in [-0.3, -0.25) is 4.79 Å². The van der Waals surface area contributed by atoms with Crippen LogP contribution in [0.25, 0.3) is 10.9 Å². The fourth-order valence-corrected chi connectivity index (χ4v) is 2.81. The fourth-order valence-electron chi connectivity index (χ4n) is 2.34. The second kappa shape index (κ2) is 7.60. The van der Waals surface area contributed by atoms with Crippen molar-refractivity contribution in [2.45, 2.75) is 26.4 Å². The Balaban J connectivity index is 2.73. The topological polar surface area (TPSA) is 51.5 Å². The van der Waals surface area contributed by atoms with E-state index >= 15 is 0 Å². The van der Waals surface area contributed by atoms with Gasteiger partial charge in [-0.2, -0.15) is 0 Å². The van der Waals surface area contributed by atoms with E-state index in [0.29, 0.717) is 21.0 Å². The van der Waals surface area contributed by atoms with E-state index in [0.717, 1.165) is 0 Å². The summed E-state index contributed by atoms with van der Waals surface area (Å²) in [6.07, 6.45) is 1.47. The molecule has 1 heterocycles. The minimum Gasteiger partial charge on any atom is -0.462 e. The molecule has 0 spiro atoms. The van der Waals surface area contributed by atoms with Crippen molar-refractivity contribution in [2.75, 3.05) is 20.7 Å². The summed E-state index contributed by atoms with van der Waals surface area (Å²) in [5.74, 6) is -1.05. The molecule has 0 fully saturated rings. The van der Waals surface area contributed by atoms with E-state index in [9.17, 15) is 14.0 Å². The summed E-state index contributed by atoms with van der Waals surface area (Å²) >= 11 is 1.84. The lowest BCUT2D eigenvalue weighted by atomic mass is 10.1. The van der Waals surface area contributed by atoms with Crippen molar-refractivity contribution in [2.24, 2.45) is 0 Å². The number of hydrogen-bond acceptors (Lipinski definition) is 4. The van der Waals surface area contributed by atoms with Crippen LogP contribution >= 0.6 is 22.6 Å². The van der Waals surface area contributed by atoms with E-state index in [1.54, 1.807) is 11.5 Å². The van der Waals surface area contributed by atoms with Gasteiger partial charge in [0, 0.05) is 27.7 Å². The Morgan fingerprint density at radius 1 is 1.42 bits per heavy atom. The van der Waals surface area contributed by atoms with Crippen molar-refractivity contribution >= 4 is 39.5 Å². The van der Waals surface area contributed by atoms with Gasteiger partial charge in [-0.1, -0.05) is 0 Å². The van der Waals surface area contributed by atoms with Crippen LogP contribution < -0.4 is 5.43 Å². The molecule has 0 aliphatic heterocycles. The van der Waals surface area contributed by atoms with Gasteiger partial charge in [0.25, 0.3) is 0 Å². The van der Waals surface area contributed by atoms with Gasteiger partial charge in [-0.05, 0) is 62.7 Å². The van der Waals surface area contributed by atoms with Gasteiger partial charge in [0.2, 0.25) is 5.43 Å². The number of rotatable bonds is 5. The summed E-state index contributed by atoms with van der Waals surface area (Å²) in [6.45, 7) is 4.39. The number of carbonyl (C=O) groups is 1. The average molecular weight is 446 g/mol. The highest BCUT2D eigenvalue weighted by molar-refractivity contribution is 14.1. The molecular weight excluding hydrogens is 426 g/mol. The van der Waals surface area contributed by atoms with Crippen molar-refractivity contribution in [3.63, 3.8) is 0 Å². The van der Waals surface area contributed by atoms with Gasteiger partial charge in [-0.25, -0.2) is 9.18 Å². The molecule has 1 atom stereocenters. The van der Waals surface area contributed by atoms with Crippen molar-refractivity contribution in [1.82, 2.24) is 9.47 Å². The van der Waals surface area contributed by atoms with Gasteiger partial charge in [0.05, 0.1) is 12.1 Å². The molecule has 2 rings (SSSR count). The van der Waals surface area contributed by atoms with Crippen molar-refractivity contribution < 1.29 is 13.9 Å². The maximum absolute atomic E-state index is 14.0. The molecule has 7 heteroatoms. The summed E-state index contributed by atoms with van der Waals surface area (Å²) < 4.78 is 21.1. The largest absolute Gasteiger partial charge is 0.462 e. The molecule has 24 heavy (non-hydrogen) atoms. The highest BCUT2D eigenvalue weighted by Crippen LogP contribution is 2.20. The van der Waals surface area contributed by atoms with Crippen LogP contribution in [0.15, 0.2) is 23.1 Å². The first kappa shape index (κ1) is 18.9. The Labute approximate surface area is 153 Å². The maximum Gasteiger partial charge on any atom is 0.343 e.